The molecule has 0 amide bonds. The van der Waals surface area contributed by atoms with Crippen LogP contribution in [0, 0.1) is 0 Å². The van der Waals surface area contributed by atoms with Gasteiger partial charge in [-0.1, -0.05) is 0 Å². The molecule has 0 aliphatic rings. The van der Waals surface area contributed by atoms with Crippen LogP contribution < -0.4 is 0 Å². The summed E-state index contributed by atoms with van der Waals surface area (Å²) in [6.07, 6.45) is 0. The molecule has 0 spiro atoms. The van der Waals surface area contributed by atoms with Gasteiger partial charge in [0.15, 0.2) is 0 Å². The van der Waals surface area contributed by atoms with E-state index >= 15 is 0 Å². The molecule has 0 N–H and O–H groups in total. The van der Waals surface area contributed by atoms with E-state index in [1.165, 1.54) is 0 Å². The van der Waals surface area contributed by atoms with Crippen molar-refractivity contribution in [3.8, 4) is 0 Å². The van der Waals surface area contributed by atoms with Crippen molar-refractivity contribution in [2.45, 2.75) is 0 Å². The summed E-state index contributed by atoms with van der Waals surface area (Å²) < 4.78 is 17.0. The minimum atomic E-state index is -2.00. The van der Waals surface area contributed by atoms with Gasteiger partial charge in [-0.25, -0.2) is 0 Å². The molecular weight excluding hydrogens is 334 g/mol. The zero-order valence-corrected chi connectivity index (χ0v) is 6.84. The Kier molecular flexibility index (Phi) is 57.1. The van der Waals surface area contributed by atoms with Gasteiger partial charge in [0.2, 0.25) is 0 Å². The molecule has 2 nitrogen and oxygen atoms in total. The molecule has 5 heavy (non-hydrogen) atoms. The molecule has 35 valence electrons. The second-order valence-corrected chi connectivity index (χ2v) is 0.344. The molecule has 0 aromatic heterocycles. The van der Waals surface area contributed by atoms with Gasteiger partial charge in [-0.3, -0.25) is 0 Å². The average Bonchev–Trinajstić information content (AvgIpc) is 0.918. The van der Waals surface area contributed by atoms with E-state index in [1.807, 2.05) is 0 Å². The van der Waals surface area contributed by atoms with Crippen LogP contribution in [0.15, 0.2) is 0 Å². The Labute approximate surface area is 63.1 Å². The second-order valence-electron chi connectivity index (χ2n) is 0.0833. The van der Waals surface area contributed by atoms with E-state index in [4.69, 9.17) is 6.65 Å². The fraction of sp³-hybridized carbons (Fsp3) is 0. The van der Waals surface area contributed by atoms with Crippen LogP contribution in [0.4, 0.5) is 0 Å². The van der Waals surface area contributed by atoms with Crippen LogP contribution in [-0.4, -0.2) is 0 Å². The normalized spacial score (nSPS) is 1.60. The molecule has 0 rings (SSSR count). The summed E-state index contributed by atoms with van der Waals surface area (Å²) in [5, 5.41) is 0. The molecular formula is CoO2PtTi. The molecule has 0 heterocycles. The number of rotatable bonds is 0. The quantitative estimate of drug-likeness (QED) is 0.573. The summed E-state index contributed by atoms with van der Waals surface area (Å²) >= 11 is -2.00. The first kappa shape index (κ1) is 16.0. The molecule has 0 aliphatic heterocycles. The average molecular weight is 334 g/mol. The molecule has 0 aliphatic carbocycles. The van der Waals surface area contributed by atoms with Crippen molar-refractivity contribution in [1.82, 2.24) is 0 Å². The third-order valence-corrected chi connectivity index (χ3v) is 0. The van der Waals surface area contributed by atoms with Crippen molar-refractivity contribution in [1.29, 1.82) is 0 Å². The van der Waals surface area contributed by atoms with Gasteiger partial charge in [-0.05, 0) is 0 Å². The summed E-state index contributed by atoms with van der Waals surface area (Å²) in [5.41, 5.74) is 0. The SMILES string of the molecule is [Co].[O]=[Ti]=[O].[Pt]. The maximum Gasteiger partial charge on any atom is 0 e. The van der Waals surface area contributed by atoms with Crippen molar-refractivity contribution < 1.29 is 63.6 Å². The summed E-state index contributed by atoms with van der Waals surface area (Å²) in [6, 6.07) is 0. The minimum absolute atomic E-state index is 0. The Morgan fingerprint density at radius 2 is 1.20 bits per heavy atom. The monoisotopic (exact) mass is 334 g/mol. The van der Waals surface area contributed by atoms with Gasteiger partial charge < -0.3 is 0 Å². The summed E-state index contributed by atoms with van der Waals surface area (Å²) in [4.78, 5) is 0. The maximum absolute atomic E-state index is 8.50. The van der Waals surface area contributed by atoms with E-state index in [9.17, 15) is 0 Å². The zero-order valence-electron chi connectivity index (χ0n) is 1.97. The largest absolute Gasteiger partial charge is 0 e. The van der Waals surface area contributed by atoms with Crippen molar-refractivity contribution in [2.24, 2.45) is 0 Å². The van der Waals surface area contributed by atoms with E-state index in [-0.39, 0.29) is 37.8 Å². The molecule has 0 bridgehead atoms. The zero-order chi connectivity index (χ0) is 2.71. The second kappa shape index (κ2) is 17.8. The van der Waals surface area contributed by atoms with Gasteiger partial charge in [0.25, 0.3) is 0 Å². The van der Waals surface area contributed by atoms with Gasteiger partial charge in [-0.15, -0.1) is 0 Å². The van der Waals surface area contributed by atoms with Crippen LogP contribution in [0.1, 0.15) is 0 Å². The van der Waals surface area contributed by atoms with Crippen molar-refractivity contribution >= 4 is 0 Å². The molecule has 0 saturated heterocycles. The fourth-order valence-electron chi connectivity index (χ4n) is 0. The molecule has 0 aromatic carbocycles. The Balaban J connectivity index is -0.0000000200. The van der Waals surface area contributed by atoms with Crippen LogP contribution in [0.2, 0.25) is 0 Å². The predicted molar refractivity (Wildman–Crippen MR) is 1.37 cm³/mol. The van der Waals surface area contributed by atoms with E-state index in [0.29, 0.717) is 0 Å². The third kappa shape index (κ3) is 29.8. The van der Waals surface area contributed by atoms with Crippen LogP contribution in [-0.2, 0) is 63.6 Å². The number of hydrogen-bond donors (Lipinski definition) is 0. The molecule has 0 atom stereocenters. The first-order valence-corrected chi connectivity index (χ1v) is 1.68. The Morgan fingerprint density at radius 1 is 1.20 bits per heavy atom. The Bertz CT molecular complexity index is 30.6. The minimum Gasteiger partial charge on any atom is 0 e. The van der Waals surface area contributed by atoms with E-state index in [1.54, 1.807) is 0 Å². The Morgan fingerprint density at radius 3 is 1.20 bits per heavy atom. The van der Waals surface area contributed by atoms with Crippen LogP contribution in [0.25, 0.3) is 0 Å². The molecule has 1 radical (unpaired) electrons. The van der Waals surface area contributed by atoms with Gasteiger partial charge in [0, 0.05) is 37.8 Å². The van der Waals surface area contributed by atoms with Gasteiger partial charge >= 0.3 is 25.7 Å². The summed E-state index contributed by atoms with van der Waals surface area (Å²) in [6.45, 7) is 0. The standard InChI is InChI=1S/Co.2O.Pt.Ti. The van der Waals surface area contributed by atoms with Crippen molar-refractivity contribution in [3.05, 3.63) is 0 Å². The summed E-state index contributed by atoms with van der Waals surface area (Å²) in [7, 11) is 0. The first-order valence-electron chi connectivity index (χ1n) is 0.408. The molecule has 0 aromatic rings. The van der Waals surface area contributed by atoms with Crippen molar-refractivity contribution in [2.75, 3.05) is 0 Å². The molecule has 0 fully saturated rings. The fourth-order valence-corrected chi connectivity index (χ4v) is 0. The molecule has 0 saturated carbocycles. The molecule has 5 heteroatoms. The van der Waals surface area contributed by atoms with E-state index < -0.39 is 19.1 Å². The van der Waals surface area contributed by atoms with Crippen LogP contribution >= 0.6 is 0 Å². The maximum atomic E-state index is 8.50. The Hall–Kier alpha value is 1.51. The molecule has 0 unspecified atom stereocenters. The van der Waals surface area contributed by atoms with Gasteiger partial charge in [-0.2, -0.15) is 0 Å². The first-order chi connectivity index (χ1) is 1.41. The van der Waals surface area contributed by atoms with Gasteiger partial charge in [0.05, 0.1) is 0 Å². The number of hydrogen-bond acceptors (Lipinski definition) is 2. The van der Waals surface area contributed by atoms with Crippen molar-refractivity contribution in [3.63, 3.8) is 0 Å². The van der Waals surface area contributed by atoms with Gasteiger partial charge in [0.1, 0.15) is 0 Å². The smallest absolute Gasteiger partial charge is 0 e. The van der Waals surface area contributed by atoms with Crippen LogP contribution in [0.5, 0.6) is 0 Å². The predicted octanol–water partition coefficient (Wildman–Crippen LogP) is -0.245. The van der Waals surface area contributed by atoms with E-state index in [0.717, 1.165) is 0 Å². The topological polar surface area (TPSA) is 34.1 Å². The summed E-state index contributed by atoms with van der Waals surface area (Å²) in [5.74, 6) is 0. The third-order valence-electron chi connectivity index (χ3n) is 0. The van der Waals surface area contributed by atoms with Crippen LogP contribution in [0.3, 0.4) is 0 Å². The van der Waals surface area contributed by atoms with E-state index in [2.05, 4.69) is 0 Å².